The van der Waals surface area contributed by atoms with E-state index >= 15 is 0 Å². The molecule has 3 aromatic rings. The van der Waals surface area contributed by atoms with E-state index in [1.54, 1.807) is 0 Å². The molecule has 1 aromatic carbocycles. The summed E-state index contributed by atoms with van der Waals surface area (Å²) >= 11 is 2.28. The lowest BCUT2D eigenvalue weighted by atomic mass is 10.2. The third-order valence-corrected chi connectivity index (χ3v) is 4.79. The minimum absolute atomic E-state index is 0.0762. The Balaban J connectivity index is 1.63. The molecule has 0 aliphatic rings. The summed E-state index contributed by atoms with van der Waals surface area (Å²) in [5.74, 6) is -0.323. The third kappa shape index (κ3) is 4.92. The first-order chi connectivity index (χ1) is 12.4. The Kier molecular flexibility index (Phi) is 5.37. The number of benzene rings is 1. The van der Waals surface area contributed by atoms with E-state index in [1.165, 1.54) is 42.4 Å². The van der Waals surface area contributed by atoms with Crippen molar-refractivity contribution in [2.75, 3.05) is 11.1 Å². The maximum atomic E-state index is 12.2. The number of anilines is 1. The number of aromatic amines is 1. The molecule has 0 atom stereocenters. The molecule has 0 saturated heterocycles. The molecule has 2 N–H and O–H groups in total. The molecule has 0 saturated carbocycles. The van der Waals surface area contributed by atoms with Crippen LogP contribution in [0.1, 0.15) is 0 Å². The number of amides is 1. The zero-order valence-electron chi connectivity index (χ0n) is 12.6. The smallest absolute Gasteiger partial charge is 0.406 e. The number of thioether (sulfide) groups is 1. The van der Waals surface area contributed by atoms with Crippen LogP contribution >= 0.6 is 23.3 Å². The fourth-order valence-corrected chi connectivity index (χ4v) is 3.39. The van der Waals surface area contributed by atoms with Crippen LogP contribution in [-0.4, -0.2) is 42.8 Å². The predicted octanol–water partition coefficient (Wildman–Crippen LogP) is 2.95. The predicted molar refractivity (Wildman–Crippen MR) is 87.8 cm³/mol. The number of hydrogen-bond acceptors (Lipinski definition) is 8. The van der Waals surface area contributed by atoms with Gasteiger partial charge in [-0.25, -0.2) is 5.10 Å². The summed E-state index contributed by atoms with van der Waals surface area (Å²) in [5, 5.41) is 12.6. The van der Waals surface area contributed by atoms with E-state index in [9.17, 15) is 18.0 Å². The van der Waals surface area contributed by atoms with Crippen LogP contribution in [0.25, 0.3) is 11.3 Å². The molecule has 0 spiro atoms. The zero-order chi connectivity index (χ0) is 18.6. The van der Waals surface area contributed by atoms with E-state index < -0.39 is 6.36 Å². The van der Waals surface area contributed by atoms with Crippen LogP contribution in [0.2, 0.25) is 0 Å². The van der Waals surface area contributed by atoms with Crippen molar-refractivity contribution in [3.05, 3.63) is 30.6 Å². The Morgan fingerprint density at radius 1 is 1.31 bits per heavy atom. The van der Waals surface area contributed by atoms with Gasteiger partial charge in [0, 0.05) is 5.56 Å². The second-order valence-electron chi connectivity index (χ2n) is 4.65. The van der Waals surface area contributed by atoms with E-state index in [0.717, 1.165) is 11.5 Å². The quantitative estimate of drug-likeness (QED) is 0.611. The number of ether oxygens (including phenoxy) is 1. The number of rotatable bonds is 6. The molecule has 8 nitrogen and oxygen atoms in total. The Bertz CT molecular complexity index is 867. The highest BCUT2D eigenvalue weighted by molar-refractivity contribution is 8.01. The van der Waals surface area contributed by atoms with Gasteiger partial charge in [-0.1, -0.05) is 4.49 Å². The summed E-state index contributed by atoms with van der Waals surface area (Å²) in [7, 11) is 0. The van der Waals surface area contributed by atoms with Gasteiger partial charge in [0.25, 0.3) is 0 Å². The fourth-order valence-electron chi connectivity index (χ4n) is 1.83. The summed E-state index contributed by atoms with van der Waals surface area (Å²) < 4.78 is 44.9. The summed E-state index contributed by atoms with van der Waals surface area (Å²) in [5.41, 5.74) is 1.04. The first kappa shape index (κ1) is 18.1. The molecule has 0 fully saturated rings. The summed E-state index contributed by atoms with van der Waals surface area (Å²) in [6.45, 7) is 0. The molecule has 136 valence electrons. The molecule has 2 heterocycles. The van der Waals surface area contributed by atoms with Crippen LogP contribution in [0.15, 0.2) is 34.8 Å². The van der Waals surface area contributed by atoms with Gasteiger partial charge in [0.2, 0.25) is 11.9 Å². The van der Waals surface area contributed by atoms with E-state index in [1.807, 2.05) is 0 Å². The van der Waals surface area contributed by atoms with Gasteiger partial charge in [0.15, 0.2) is 0 Å². The van der Waals surface area contributed by atoms with Crippen molar-refractivity contribution in [3.63, 3.8) is 0 Å². The molecule has 1 amide bonds. The summed E-state index contributed by atoms with van der Waals surface area (Å²) in [6, 6.07) is 5.26. The minimum Gasteiger partial charge on any atom is -0.406 e. The number of halogens is 3. The van der Waals surface area contributed by atoms with Gasteiger partial charge >= 0.3 is 6.36 Å². The number of carbonyl (C=O) groups excluding carboxylic acids is 1. The van der Waals surface area contributed by atoms with E-state index in [4.69, 9.17) is 0 Å². The SMILES string of the molecule is O=C(CSc1snnc1-c1ccc(OC(F)(F)F)cc1)Nc1ncn[nH]1. The van der Waals surface area contributed by atoms with Crippen molar-refractivity contribution in [2.45, 2.75) is 10.6 Å². The Morgan fingerprint density at radius 2 is 2.08 bits per heavy atom. The van der Waals surface area contributed by atoms with Gasteiger partial charge in [-0.15, -0.1) is 30.0 Å². The second-order valence-corrected chi connectivity index (χ2v) is 6.65. The van der Waals surface area contributed by atoms with Crippen molar-refractivity contribution in [1.82, 2.24) is 24.8 Å². The lowest BCUT2D eigenvalue weighted by Gasteiger charge is -2.09. The lowest BCUT2D eigenvalue weighted by molar-refractivity contribution is -0.274. The molecule has 26 heavy (non-hydrogen) atoms. The Labute approximate surface area is 152 Å². The standard InChI is InChI=1S/C13H9F3N6O2S2/c14-13(15,16)24-8-3-1-7(2-4-8)10-11(26-22-20-10)25-5-9(23)19-12-17-6-18-21-12/h1-4,6H,5H2,(H2,17,18,19,21,23). The Hall–Kier alpha value is -2.67. The van der Waals surface area contributed by atoms with Gasteiger partial charge in [0.1, 0.15) is 22.0 Å². The average molecular weight is 402 g/mol. The third-order valence-electron chi connectivity index (χ3n) is 2.83. The van der Waals surface area contributed by atoms with Crippen molar-refractivity contribution in [1.29, 1.82) is 0 Å². The van der Waals surface area contributed by atoms with E-state index in [0.29, 0.717) is 15.5 Å². The fraction of sp³-hybridized carbons (Fsp3) is 0.154. The number of alkyl halides is 3. The van der Waals surface area contributed by atoms with Gasteiger partial charge in [-0.3, -0.25) is 10.1 Å². The normalized spacial score (nSPS) is 11.3. The number of hydrogen-bond donors (Lipinski definition) is 2. The number of H-pyrrole nitrogens is 1. The largest absolute Gasteiger partial charge is 0.573 e. The molecule has 3 rings (SSSR count). The minimum atomic E-state index is -4.75. The van der Waals surface area contributed by atoms with Gasteiger partial charge in [-0.05, 0) is 35.8 Å². The van der Waals surface area contributed by atoms with Crippen molar-refractivity contribution in [2.24, 2.45) is 0 Å². The number of aromatic nitrogens is 5. The van der Waals surface area contributed by atoms with Gasteiger partial charge in [0.05, 0.1) is 5.75 Å². The highest BCUT2D eigenvalue weighted by Crippen LogP contribution is 2.34. The van der Waals surface area contributed by atoms with E-state index in [2.05, 4.69) is 34.8 Å². The molecular formula is C13H9F3N6O2S2. The second kappa shape index (κ2) is 7.70. The maximum absolute atomic E-state index is 12.2. The number of nitrogens with zero attached hydrogens (tertiary/aromatic N) is 4. The Morgan fingerprint density at radius 3 is 2.73 bits per heavy atom. The summed E-state index contributed by atoms with van der Waals surface area (Å²) in [4.78, 5) is 15.6. The highest BCUT2D eigenvalue weighted by atomic mass is 32.2. The van der Waals surface area contributed by atoms with Crippen molar-refractivity contribution < 1.29 is 22.7 Å². The van der Waals surface area contributed by atoms with Crippen LogP contribution in [-0.2, 0) is 4.79 Å². The monoisotopic (exact) mass is 402 g/mol. The van der Waals surface area contributed by atoms with Crippen LogP contribution in [0.5, 0.6) is 5.75 Å². The topological polar surface area (TPSA) is 106 Å². The molecule has 0 radical (unpaired) electrons. The van der Waals surface area contributed by atoms with Crippen LogP contribution in [0.3, 0.4) is 0 Å². The molecule has 0 aliphatic carbocycles. The molecule has 13 heteroatoms. The lowest BCUT2D eigenvalue weighted by Crippen LogP contribution is -2.16. The molecule has 0 aliphatic heterocycles. The average Bonchev–Trinajstić information content (AvgIpc) is 3.23. The zero-order valence-corrected chi connectivity index (χ0v) is 14.3. The summed E-state index contributed by atoms with van der Waals surface area (Å²) in [6.07, 6.45) is -3.48. The highest BCUT2D eigenvalue weighted by Gasteiger charge is 2.31. The van der Waals surface area contributed by atoms with Gasteiger partial charge < -0.3 is 4.74 Å². The molecule has 0 unspecified atom stereocenters. The molecular weight excluding hydrogens is 393 g/mol. The number of carbonyl (C=O) groups is 1. The van der Waals surface area contributed by atoms with Crippen LogP contribution < -0.4 is 10.1 Å². The molecule has 0 bridgehead atoms. The first-order valence-electron chi connectivity index (χ1n) is 6.87. The first-order valence-corrected chi connectivity index (χ1v) is 8.63. The maximum Gasteiger partial charge on any atom is 0.573 e. The van der Waals surface area contributed by atoms with Crippen molar-refractivity contribution >= 4 is 35.1 Å². The molecule has 2 aromatic heterocycles. The van der Waals surface area contributed by atoms with Crippen molar-refractivity contribution in [3.8, 4) is 17.0 Å². The van der Waals surface area contributed by atoms with Crippen LogP contribution in [0, 0.1) is 0 Å². The number of nitrogens with one attached hydrogen (secondary N) is 2. The van der Waals surface area contributed by atoms with Crippen LogP contribution in [0.4, 0.5) is 19.1 Å². The van der Waals surface area contributed by atoms with E-state index in [-0.39, 0.29) is 23.4 Å². The van der Waals surface area contributed by atoms with Gasteiger partial charge in [-0.2, -0.15) is 10.1 Å².